The zero-order valence-corrected chi connectivity index (χ0v) is 17.5. The molecule has 0 spiro atoms. The fourth-order valence-corrected chi connectivity index (χ4v) is 5.67. The van der Waals surface area contributed by atoms with Crippen LogP contribution in [0.25, 0.3) is 0 Å². The smallest absolute Gasteiger partial charge is 0.406 e. The molecule has 7 heteroatoms. The Kier molecular flexibility index (Phi) is 6.61. The lowest BCUT2D eigenvalue weighted by atomic mass is 9.72. The van der Waals surface area contributed by atoms with Crippen LogP contribution in [0, 0.1) is 0 Å². The number of benzene rings is 1. The molecule has 3 fully saturated rings. The number of ether oxygens (including phenoxy) is 1. The van der Waals surface area contributed by atoms with Crippen molar-refractivity contribution in [1.82, 2.24) is 9.80 Å². The number of aliphatic hydroxyl groups is 1. The zero-order chi connectivity index (χ0) is 21.2. The number of hydrogen-bond donors (Lipinski definition) is 1. The molecule has 0 bridgehead atoms. The second-order valence-corrected chi connectivity index (χ2v) is 9.28. The van der Waals surface area contributed by atoms with Crippen LogP contribution in [0.1, 0.15) is 62.8 Å². The van der Waals surface area contributed by atoms with E-state index in [9.17, 15) is 18.3 Å². The zero-order valence-electron chi connectivity index (χ0n) is 17.5. The van der Waals surface area contributed by atoms with Crippen molar-refractivity contribution in [3.63, 3.8) is 0 Å². The minimum Gasteiger partial charge on any atom is -0.406 e. The predicted molar refractivity (Wildman–Crippen MR) is 110 cm³/mol. The molecule has 2 heterocycles. The summed E-state index contributed by atoms with van der Waals surface area (Å²) in [5.74, 6) is -0.425. The Morgan fingerprint density at radius 1 is 1.07 bits per heavy atom. The van der Waals surface area contributed by atoms with Crippen LogP contribution in [0.4, 0.5) is 13.2 Å². The van der Waals surface area contributed by atoms with E-state index in [0.29, 0.717) is 25.4 Å². The van der Waals surface area contributed by atoms with E-state index in [4.69, 9.17) is 0 Å². The number of rotatable bonds is 5. The second kappa shape index (κ2) is 9.05. The Labute approximate surface area is 177 Å². The first-order valence-electron chi connectivity index (χ1n) is 11.4. The molecule has 1 N–H and O–H groups in total. The molecule has 3 aliphatic rings. The molecule has 1 saturated carbocycles. The van der Waals surface area contributed by atoms with Crippen molar-refractivity contribution in [3.05, 3.63) is 29.8 Å². The van der Waals surface area contributed by atoms with Crippen molar-refractivity contribution in [2.75, 3.05) is 32.7 Å². The molecule has 4 nitrogen and oxygen atoms in total. The fourth-order valence-electron chi connectivity index (χ4n) is 5.67. The molecule has 1 unspecified atom stereocenters. The molecular formula is C23H33F3N2O2. The van der Waals surface area contributed by atoms with Crippen LogP contribution >= 0.6 is 0 Å². The molecule has 1 aromatic rings. The summed E-state index contributed by atoms with van der Waals surface area (Å²) in [5.41, 5.74) is -0.133. The van der Waals surface area contributed by atoms with Gasteiger partial charge in [0.15, 0.2) is 0 Å². The predicted octanol–water partition coefficient (Wildman–Crippen LogP) is 4.53. The Bertz CT molecular complexity index is 706. The van der Waals surface area contributed by atoms with Crippen molar-refractivity contribution in [2.45, 2.75) is 75.3 Å². The monoisotopic (exact) mass is 426 g/mol. The highest BCUT2D eigenvalue weighted by atomic mass is 19.4. The van der Waals surface area contributed by atoms with Gasteiger partial charge in [0, 0.05) is 38.1 Å². The van der Waals surface area contributed by atoms with E-state index in [1.54, 1.807) is 6.07 Å². The summed E-state index contributed by atoms with van der Waals surface area (Å²) in [6.07, 6.45) is 3.45. The van der Waals surface area contributed by atoms with E-state index in [1.807, 2.05) is 6.07 Å². The normalized spacial score (nSPS) is 26.7. The Morgan fingerprint density at radius 3 is 2.63 bits per heavy atom. The Balaban J connectivity index is 1.55. The highest BCUT2D eigenvalue weighted by molar-refractivity contribution is 5.33. The average Bonchev–Trinajstić information content (AvgIpc) is 2.71. The summed E-state index contributed by atoms with van der Waals surface area (Å²) >= 11 is 0. The first-order valence-corrected chi connectivity index (χ1v) is 11.4. The molecule has 2 saturated heterocycles. The average molecular weight is 427 g/mol. The van der Waals surface area contributed by atoms with Crippen LogP contribution in [-0.4, -0.2) is 65.6 Å². The van der Waals surface area contributed by atoms with E-state index >= 15 is 0 Å². The molecule has 2 aliphatic heterocycles. The van der Waals surface area contributed by atoms with Crippen molar-refractivity contribution >= 4 is 0 Å². The number of hydrogen-bond acceptors (Lipinski definition) is 4. The third kappa shape index (κ3) is 5.29. The van der Waals surface area contributed by atoms with Crippen molar-refractivity contribution < 1.29 is 23.0 Å². The van der Waals surface area contributed by atoms with Crippen LogP contribution in [0.2, 0.25) is 0 Å². The Morgan fingerprint density at radius 2 is 1.87 bits per heavy atom. The van der Waals surface area contributed by atoms with Gasteiger partial charge in [0.05, 0.1) is 5.60 Å². The van der Waals surface area contributed by atoms with Gasteiger partial charge in [0.2, 0.25) is 0 Å². The maximum atomic E-state index is 12.8. The number of halogens is 3. The van der Waals surface area contributed by atoms with Gasteiger partial charge in [-0.15, -0.1) is 13.2 Å². The maximum absolute atomic E-state index is 12.8. The summed E-state index contributed by atoms with van der Waals surface area (Å²) in [6.45, 7) is 4.80. The lowest BCUT2D eigenvalue weighted by molar-refractivity contribution is -0.274. The van der Waals surface area contributed by atoms with Gasteiger partial charge in [0.25, 0.3) is 0 Å². The van der Waals surface area contributed by atoms with Gasteiger partial charge in [-0.3, -0.25) is 9.80 Å². The number of alkyl halides is 3. The van der Waals surface area contributed by atoms with E-state index in [2.05, 4.69) is 14.5 Å². The van der Waals surface area contributed by atoms with Crippen LogP contribution in [0.5, 0.6) is 5.75 Å². The molecule has 0 radical (unpaired) electrons. The van der Waals surface area contributed by atoms with Crippen LogP contribution in [-0.2, 0) is 0 Å². The summed E-state index contributed by atoms with van der Waals surface area (Å²) in [4.78, 5) is 4.99. The van der Waals surface area contributed by atoms with Gasteiger partial charge in [-0.05, 0) is 49.9 Å². The van der Waals surface area contributed by atoms with Gasteiger partial charge >= 0.3 is 6.36 Å². The maximum Gasteiger partial charge on any atom is 0.573 e. The van der Waals surface area contributed by atoms with Gasteiger partial charge in [-0.2, -0.15) is 0 Å². The van der Waals surface area contributed by atoms with Crippen LogP contribution in [0.15, 0.2) is 24.3 Å². The molecule has 0 amide bonds. The third-order valence-corrected chi connectivity index (χ3v) is 7.22. The molecule has 4 rings (SSSR count). The van der Waals surface area contributed by atoms with Crippen LogP contribution in [0.3, 0.4) is 0 Å². The fraction of sp³-hybridized carbons (Fsp3) is 0.739. The lowest BCUT2D eigenvalue weighted by Crippen LogP contribution is -2.56. The molecule has 30 heavy (non-hydrogen) atoms. The molecule has 168 valence electrons. The highest BCUT2D eigenvalue weighted by Crippen LogP contribution is 2.42. The van der Waals surface area contributed by atoms with Crippen molar-refractivity contribution in [1.29, 1.82) is 0 Å². The molecule has 2 atom stereocenters. The number of fused-ring (bicyclic) bond motifs is 1. The summed E-state index contributed by atoms with van der Waals surface area (Å²) in [6, 6.07) is 6.82. The van der Waals surface area contributed by atoms with Gasteiger partial charge in [0.1, 0.15) is 5.75 Å². The van der Waals surface area contributed by atoms with E-state index in [0.717, 1.165) is 44.5 Å². The molecule has 0 aromatic heterocycles. The number of piperidine rings is 1. The van der Waals surface area contributed by atoms with Crippen molar-refractivity contribution in [3.8, 4) is 5.75 Å². The van der Waals surface area contributed by atoms with Gasteiger partial charge in [-0.25, -0.2) is 0 Å². The standard InChI is InChI=1S/C23H33F3N2O2/c24-23(25,26)30-20-9-6-7-18(15-20)21(22(29)10-3-1-4-11-22)17-27-13-14-28-12-5-2-8-19(28)16-27/h6-7,9,15,19,21,29H,1-5,8,10-14,16-17H2/t19?,21-/m1/s1. The SMILES string of the molecule is OC1([C@H](CN2CCN3CCCCC3C2)c2cccc(OC(F)(F)F)c2)CCCCC1. The molecular weight excluding hydrogens is 393 g/mol. The number of piperazine rings is 1. The highest BCUT2D eigenvalue weighted by Gasteiger charge is 2.41. The second-order valence-electron chi connectivity index (χ2n) is 9.28. The minimum absolute atomic E-state index is 0.207. The Hall–Kier alpha value is -1.31. The van der Waals surface area contributed by atoms with Gasteiger partial charge in [-0.1, -0.05) is 37.8 Å². The van der Waals surface area contributed by atoms with Gasteiger partial charge < -0.3 is 9.84 Å². The third-order valence-electron chi connectivity index (χ3n) is 7.22. The summed E-state index contributed by atoms with van der Waals surface area (Å²) in [5, 5.41) is 11.6. The topological polar surface area (TPSA) is 35.9 Å². The van der Waals surface area contributed by atoms with Crippen molar-refractivity contribution in [2.24, 2.45) is 0 Å². The van der Waals surface area contributed by atoms with E-state index in [1.165, 1.54) is 37.9 Å². The van der Waals surface area contributed by atoms with E-state index < -0.39 is 12.0 Å². The molecule has 1 aromatic carbocycles. The largest absolute Gasteiger partial charge is 0.573 e. The summed E-state index contributed by atoms with van der Waals surface area (Å²) in [7, 11) is 0. The first kappa shape index (κ1) is 21.9. The summed E-state index contributed by atoms with van der Waals surface area (Å²) < 4.78 is 42.4. The number of nitrogens with zero attached hydrogens (tertiary/aromatic N) is 2. The van der Waals surface area contributed by atoms with E-state index in [-0.39, 0.29) is 11.7 Å². The van der Waals surface area contributed by atoms with Crippen LogP contribution < -0.4 is 4.74 Å². The first-order chi connectivity index (χ1) is 14.3. The minimum atomic E-state index is -4.72. The lowest BCUT2D eigenvalue weighted by Gasteiger charge is -2.47. The quantitative estimate of drug-likeness (QED) is 0.750. The molecule has 1 aliphatic carbocycles.